The maximum atomic E-state index is 11.7. The van der Waals surface area contributed by atoms with Gasteiger partial charge < -0.3 is 20.3 Å². The van der Waals surface area contributed by atoms with E-state index in [0.29, 0.717) is 12.3 Å². The SMILES string of the molecule is CN=C(NCCc1ccc(-n2cccn2)cc1)NCc1cccc(OCC(=O)N(C)C)c1. The van der Waals surface area contributed by atoms with E-state index in [1.807, 2.05) is 41.2 Å². The largest absolute Gasteiger partial charge is 0.484 e. The van der Waals surface area contributed by atoms with Crippen LogP contribution in [-0.4, -0.2) is 60.8 Å². The van der Waals surface area contributed by atoms with Crippen LogP contribution in [0, 0.1) is 0 Å². The quantitative estimate of drug-likeness (QED) is 0.399. The Bertz CT molecular complexity index is 1010. The van der Waals surface area contributed by atoms with Crippen molar-refractivity contribution in [3.05, 3.63) is 78.1 Å². The first-order valence-electron chi connectivity index (χ1n) is 10.5. The van der Waals surface area contributed by atoms with Gasteiger partial charge in [0.25, 0.3) is 5.91 Å². The van der Waals surface area contributed by atoms with Crippen molar-refractivity contribution in [2.75, 3.05) is 34.3 Å². The lowest BCUT2D eigenvalue weighted by Gasteiger charge is -2.14. The number of ether oxygens (including phenoxy) is 1. The molecule has 0 aliphatic carbocycles. The van der Waals surface area contributed by atoms with Crippen LogP contribution in [0.1, 0.15) is 11.1 Å². The first-order chi connectivity index (χ1) is 15.5. The second kappa shape index (κ2) is 11.5. The molecule has 1 heterocycles. The molecule has 8 nitrogen and oxygen atoms in total. The molecule has 0 radical (unpaired) electrons. The minimum atomic E-state index is -0.0749. The molecule has 0 fully saturated rings. The maximum Gasteiger partial charge on any atom is 0.259 e. The molecule has 0 unspecified atom stereocenters. The molecule has 32 heavy (non-hydrogen) atoms. The van der Waals surface area contributed by atoms with Crippen molar-refractivity contribution in [2.24, 2.45) is 4.99 Å². The van der Waals surface area contributed by atoms with Crippen molar-refractivity contribution in [1.29, 1.82) is 0 Å². The van der Waals surface area contributed by atoms with Gasteiger partial charge in [0.2, 0.25) is 0 Å². The van der Waals surface area contributed by atoms with E-state index in [9.17, 15) is 4.79 Å². The van der Waals surface area contributed by atoms with Crippen LogP contribution in [-0.2, 0) is 17.8 Å². The number of rotatable bonds is 9. The molecule has 0 aliphatic heterocycles. The standard InChI is InChI=1S/C24H30N6O2/c1-25-24(26-14-12-19-8-10-21(11-9-19)30-15-5-13-28-30)27-17-20-6-4-7-22(16-20)32-18-23(31)29(2)3/h4-11,13,15-16H,12,14,17-18H2,1-3H3,(H2,25,26,27). The number of carbonyl (C=O) groups excluding carboxylic acids is 1. The Morgan fingerprint density at radius 3 is 2.59 bits per heavy atom. The zero-order valence-corrected chi connectivity index (χ0v) is 18.8. The number of carbonyl (C=O) groups is 1. The molecular weight excluding hydrogens is 404 g/mol. The number of aliphatic imine (C=N–C) groups is 1. The molecule has 1 aromatic heterocycles. The lowest BCUT2D eigenvalue weighted by atomic mass is 10.1. The highest BCUT2D eigenvalue weighted by Crippen LogP contribution is 2.13. The van der Waals surface area contributed by atoms with Crippen LogP contribution < -0.4 is 15.4 Å². The predicted octanol–water partition coefficient (Wildman–Crippen LogP) is 2.25. The monoisotopic (exact) mass is 434 g/mol. The highest BCUT2D eigenvalue weighted by molar-refractivity contribution is 5.79. The number of hydrogen-bond donors (Lipinski definition) is 2. The summed E-state index contributed by atoms with van der Waals surface area (Å²) in [4.78, 5) is 17.5. The van der Waals surface area contributed by atoms with Crippen molar-refractivity contribution in [1.82, 2.24) is 25.3 Å². The van der Waals surface area contributed by atoms with Crippen LogP contribution in [0.25, 0.3) is 5.69 Å². The third-order valence-corrected chi connectivity index (χ3v) is 4.85. The molecule has 3 aromatic rings. The van der Waals surface area contributed by atoms with Gasteiger partial charge in [-0.1, -0.05) is 24.3 Å². The summed E-state index contributed by atoms with van der Waals surface area (Å²) < 4.78 is 7.42. The van der Waals surface area contributed by atoms with Crippen molar-refractivity contribution >= 4 is 11.9 Å². The van der Waals surface area contributed by atoms with E-state index in [4.69, 9.17) is 4.74 Å². The molecule has 1 amide bonds. The number of amides is 1. The van der Waals surface area contributed by atoms with Gasteiger partial charge in [-0.3, -0.25) is 9.79 Å². The summed E-state index contributed by atoms with van der Waals surface area (Å²) in [6, 6.07) is 17.9. The number of hydrogen-bond acceptors (Lipinski definition) is 4. The first-order valence-corrected chi connectivity index (χ1v) is 10.5. The van der Waals surface area contributed by atoms with E-state index in [1.54, 1.807) is 27.3 Å². The summed E-state index contributed by atoms with van der Waals surface area (Å²) >= 11 is 0. The second-order valence-electron chi connectivity index (χ2n) is 7.44. The summed E-state index contributed by atoms with van der Waals surface area (Å²) in [6.45, 7) is 1.38. The molecule has 0 saturated carbocycles. The van der Waals surface area contributed by atoms with Gasteiger partial charge in [0.15, 0.2) is 12.6 Å². The van der Waals surface area contributed by atoms with Gasteiger partial charge in [0.1, 0.15) is 5.75 Å². The van der Waals surface area contributed by atoms with E-state index < -0.39 is 0 Å². The van der Waals surface area contributed by atoms with E-state index in [0.717, 1.165) is 30.2 Å². The summed E-state index contributed by atoms with van der Waals surface area (Å²) in [5.41, 5.74) is 3.32. The Balaban J connectivity index is 1.43. The number of guanidine groups is 1. The van der Waals surface area contributed by atoms with Gasteiger partial charge >= 0.3 is 0 Å². The molecular formula is C24H30N6O2. The fourth-order valence-electron chi connectivity index (χ4n) is 2.99. The van der Waals surface area contributed by atoms with Crippen LogP contribution in [0.3, 0.4) is 0 Å². The topological polar surface area (TPSA) is 83.8 Å². The first kappa shape index (κ1) is 22.9. The molecule has 0 bridgehead atoms. The number of likely N-dealkylation sites (N-methyl/N-ethyl adjacent to an activating group) is 1. The number of aromatic nitrogens is 2. The second-order valence-corrected chi connectivity index (χ2v) is 7.44. The third kappa shape index (κ3) is 6.87. The molecule has 0 spiro atoms. The smallest absolute Gasteiger partial charge is 0.259 e. The van der Waals surface area contributed by atoms with Crippen LogP contribution in [0.2, 0.25) is 0 Å². The fraction of sp³-hybridized carbons (Fsp3) is 0.292. The Labute approximate surface area is 188 Å². The Morgan fingerprint density at radius 2 is 1.91 bits per heavy atom. The molecule has 2 aromatic carbocycles. The van der Waals surface area contributed by atoms with Gasteiger partial charge in [0.05, 0.1) is 5.69 Å². The summed E-state index contributed by atoms with van der Waals surface area (Å²) in [6.07, 6.45) is 4.58. The fourth-order valence-corrected chi connectivity index (χ4v) is 2.99. The summed E-state index contributed by atoms with van der Waals surface area (Å²) in [5.74, 6) is 1.32. The van der Waals surface area contributed by atoms with E-state index in [-0.39, 0.29) is 12.5 Å². The van der Waals surface area contributed by atoms with Crippen LogP contribution in [0.15, 0.2) is 72.0 Å². The van der Waals surface area contributed by atoms with Crippen LogP contribution in [0.4, 0.5) is 0 Å². The van der Waals surface area contributed by atoms with Gasteiger partial charge in [-0.25, -0.2) is 4.68 Å². The minimum absolute atomic E-state index is 0.0238. The number of nitrogens with one attached hydrogen (secondary N) is 2. The van der Waals surface area contributed by atoms with E-state index in [2.05, 4.69) is 45.0 Å². The maximum absolute atomic E-state index is 11.7. The molecule has 2 N–H and O–H groups in total. The zero-order chi connectivity index (χ0) is 22.8. The number of benzene rings is 2. The molecule has 0 aliphatic rings. The lowest BCUT2D eigenvalue weighted by molar-refractivity contribution is -0.130. The Morgan fingerprint density at radius 1 is 1.09 bits per heavy atom. The molecule has 168 valence electrons. The average Bonchev–Trinajstić information content (AvgIpc) is 3.35. The summed E-state index contributed by atoms with van der Waals surface area (Å²) in [7, 11) is 5.17. The van der Waals surface area contributed by atoms with E-state index in [1.165, 1.54) is 10.5 Å². The zero-order valence-electron chi connectivity index (χ0n) is 18.8. The van der Waals surface area contributed by atoms with Crippen molar-refractivity contribution in [3.63, 3.8) is 0 Å². The van der Waals surface area contributed by atoms with Gasteiger partial charge in [-0.05, 0) is 47.9 Å². The molecule has 8 heteroatoms. The van der Waals surface area contributed by atoms with Crippen LogP contribution in [0.5, 0.6) is 5.75 Å². The molecule has 0 saturated heterocycles. The van der Waals surface area contributed by atoms with Crippen molar-refractivity contribution < 1.29 is 9.53 Å². The van der Waals surface area contributed by atoms with Gasteiger partial charge in [-0.2, -0.15) is 5.10 Å². The molecule has 3 rings (SSSR count). The van der Waals surface area contributed by atoms with E-state index >= 15 is 0 Å². The average molecular weight is 435 g/mol. The van der Waals surface area contributed by atoms with Crippen molar-refractivity contribution in [2.45, 2.75) is 13.0 Å². The van der Waals surface area contributed by atoms with Gasteiger partial charge in [-0.15, -0.1) is 0 Å². The molecule has 0 atom stereocenters. The predicted molar refractivity (Wildman–Crippen MR) is 126 cm³/mol. The lowest BCUT2D eigenvalue weighted by Crippen LogP contribution is -2.37. The van der Waals surface area contributed by atoms with Gasteiger partial charge in [0, 0.05) is 46.6 Å². The van der Waals surface area contributed by atoms with Crippen molar-refractivity contribution in [3.8, 4) is 11.4 Å². The Hall–Kier alpha value is -3.81. The Kier molecular flexibility index (Phi) is 8.25. The third-order valence-electron chi connectivity index (χ3n) is 4.85. The normalized spacial score (nSPS) is 11.2. The highest BCUT2D eigenvalue weighted by atomic mass is 16.5. The minimum Gasteiger partial charge on any atom is -0.484 e. The number of nitrogens with zero attached hydrogens (tertiary/aromatic N) is 4. The highest BCUT2D eigenvalue weighted by Gasteiger charge is 2.06. The summed E-state index contributed by atoms with van der Waals surface area (Å²) in [5, 5.41) is 10.9. The van der Waals surface area contributed by atoms with Crippen LogP contribution >= 0.6 is 0 Å².